The molecule has 2 unspecified atom stereocenters. The summed E-state index contributed by atoms with van der Waals surface area (Å²) < 4.78 is 6.08. The van der Waals surface area contributed by atoms with Crippen LogP contribution in [0.2, 0.25) is 13.1 Å². The Hall–Kier alpha value is -1.13. The van der Waals surface area contributed by atoms with Crippen molar-refractivity contribution in [3.05, 3.63) is 35.9 Å². The first kappa shape index (κ1) is 16.2. The van der Waals surface area contributed by atoms with Crippen molar-refractivity contribution in [3.63, 3.8) is 0 Å². The van der Waals surface area contributed by atoms with Crippen molar-refractivity contribution in [1.82, 2.24) is 4.90 Å². The number of benzene rings is 1. The molecule has 1 aromatic carbocycles. The SMILES string of the molecule is C[SiH](C)OC1C(=O)N(Cc2ccccc2)CC1C(C)(C)C. The van der Waals surface area contributed by atoms with Crippen LogP contribution in [0.3, 0.4) is 0 Å². The van der Waals surface area contributed by atoms with Crippen LogP contribution in [0.5, 0.6) is 0 Å². The monoisotopic (exact) mass is 305 g/mol. The maximum atomic E-state index is 12.7. The van der Waals surface area contributed by atoms with E-state index in [4.69, 9.17) is 4.43 Å². The molecular weight excluding hydrogens is 278 g/mol. The molecule has 3 nitrogen and oxygen atoms in total. The van der Waals surface area contributed by atoms with Gasteiger partial charge in [-0.05, 0) is 24.1 Å². The highest BCUT2D eigenvalue weighted by molar-refractivity contribution is 6.48. The van der Waals surface area contributed by atoms with E-state index in [2.05, 4.69) is 46.0 Å². The third kappa shape index (κ3) is 3.95. The van der Waals surface area contributed by atoms with Crippen LogP contribution < -0.4 is 0 Å². The molecule has 2 atom stereocenters. The Kier molecular flexibility index (Phi) is 4.89. The number of hydrogen-bond donors (Lipinski definition) is 0. The average Bonchev–Trinajstić information content (AvgIpc) is 2.68. The van der Waals surface area contributed by atoms with Gasteiger partial charge in [0.05, 0.1) is 0 Å². The normalized spacial score (nSPS) is 23.1. The van der Waals surface area contributed by atoms with Crippen LogP contribution in [0.15, 0.2) is 30.3 Å². The van der Waals surface area contributed by atoms with Crippen molar-refractivity contribution in [2.75, 3.05) is 6.54 Å². The summed E-state index contributed by atoms with van der Waals surface area (Å²) in [5, 5.41) is 0. The highest BCUT2D eigenvalue weighted by Crippen LogP contribution is 2.37. The first-order valence-electron chi connectivity index (χ1n) is 7.77. The standard InChI is InChI=1S/C17H27NO2Si/c1-17(2,3)14-12-18(11-13-9-7-6-8-10-13)16(19)15(14)20-21(4)5/h6-10,14-15,21H,11-12H2,1-5H3. The van der Waals surface area contributed by atoms with Crippen molar-refractivity contribution in [2.24, 2.45) is 11.3 Å². The number of likely N-dealkylation sites (tertiary alicyclic amines) is 1. The minimum Gasteiger partial charge on any atom is -0.408 e. The van der Waals surface area contributed by atoms with E-state index in [1.54, 1.807) is 0 Å². The number of amides is 1. The number of carbonyl (C=O) groups excluding carboxylic acids is 1. The van der Waals surface area contributed by atoms with Gasteiger partial charge in [-0.25, -0.2) is 0 Å². The summed E-state index contributed by atoms with van der Waals surface area (Å²) in [7, 11) is -1.23. The fourth-order valence-electron chi connectivity index (χ4n) is 2.90. The van der Waals surface area contributed by atoms with Gasteiger partial charge in [-0.1, -0.05) is 51.1 Å². The molecular formula is C17H27NO2Si. The lowest BCUT2D eigenvalue weighted by atomic mass is 9.79. The van der Waals surface area contributed by atoms with Crippen molar-refractivity contribution >= 4 is 14.9 Å². The summed E-state index contributed by atoms with van der Waals surface area (Å²) >= 11 is 0. The third-order valence-corrected chi connectivity index (χ3v) is 4.92. The van der Waals surface area contributed by atoms with Gasteiger partial charge in [0.2, 0.25) is 0 Å². The number of hydrogen-bond acceptors (Lipinski definition) is 2. The van der Waals surface area contributed by atoms with E-state index in [0.717, 1.165) is 6.54 Å². The first-order valence-corrected chi connectivity index (χ1v) is 10.6. The second-order valence-corrected chi connectivity index (χ2v) is 9.65. The van der Waals surface area contributed by atoms with Gasteiger partial charge in [-0.3, -0.25) is 4.79 Å². The van der Waals surface area contributed by atoms with E-state index < -0.39 is 9.04 Å². The fourth-order valence-corrected chi connectivity index (χ4v) is 3.79. The Labute approximate surface area is 130 Å². The van der Waals surface area contributed by atoms with Crippen molar-refractivity contribution in [3.8, 4) is 0 Å². The van der Waals surface area contributed by atoms with Crippen molar-refractivity contribution < 1.29 is 9.22 Å². The van der Waals surface area contributed by atoms with Gasteiger partial charge in [0.1, 0.15) is 6.10 Å². The lowest BCUT2D eigenvalue weighted by molar-refractivity contribution is -0.135. The average molecular weight is 305 g/mol. The van der Waals surface area contributed by atoms with E-state index in [1.165, 1.54) is 5.56 Å². The number of rotatable bonds is 4. The van der Waals surface area contributed by atoms with Crippen molar-refractivity contribution in [2.45, 2.75) is 46.5 Å². The van der Waals surface area contributed by atoms with Gasteiger partial charge >= 0.3 is 0 Å². The summed E-state index contributed by atoms with van der Waals surface area (Å²) in [6, 6.07) is 10.2. The van der Waals surface area contributed by atoms with E-state index in [9.17, 15) is 4.79 Å². The lowest BCUT2D eigenvalue weighted by Gasteiger charge is -2.31. The van der Waals surface area contributed by atoms with Crippen molar-refractivity contribution in [1.29, 1.82) is 0 Å². The molecule has 0 radical (unpaired) electrons. The Balaban J connectivity index is 2.16. The zero-order valence-electron chi connectivity index (χ0n) is 13.8. The minimum absolute atomic E-state index is 0.0784. The maximum Gasteiger partial charge on any atom is 0.251 e. The molecule has 0 aromatic heterocycles. The molecule has 0 N–H and O–H groups in total. The summed E-state index contributed by atoms with van der Waals surface area (Å²) in [5.74, 6) is 0.434. The van der Waals surface area contributed by atoms with E-state index in [1.807, 2.05) is 23.1 Å². The van der Waals surface area contributed by atoms with Crippen LogP contribution in [0.25, 0.3) is 0 Å². The van der Waals surface area contributed by atoms with Gasteiger partial charge in [-0.2, -0.15) is 0 Å². The second-order valence-electron chi connectivity index (χ2n) is 7.28. The Morgan fingerprint density at radius 1 is 1.24 bits per heavy atom. The summed E-state index contributed by atoms with van der Waals surface area (Å²) in [6.45, 7) is 12.4. The summed E-state index contributed by atoms with van der Waals surface area (Å²) in [6.07, 6.45) is -0.250. The Bertz CT molecular complexity index is 481. The quantitative estimate of drug-likeness (QED) is 0.800. The zero-order valence-corrected chi connectivity index (χ0v) is 15.0. The van der Waals surface area contributed by atoms with E-state index in [-0.39, 0.29) is 23.3 Å². The molecule has 0 aliphatic carbocycles. The van der Waals surface area contributed by atoms with Crippen LogP contribution in [0.1, 0.15) is 26.3 Å². The highest BCUT2D eigenvalue weighted by atomic mass is 28.3. The Morgan fingerprint density at radius 3 is 2.38 bits per heavy atom. The minimum atomic E-state index is -1.23. The smallest absolute Gasteiger partial charge is 0.251 e. The molecule has 2 rings (SSSR count). The van der Waals surface area contributed by atoms with Crippen LogP contribution in [-0.2, 0) is 15.8 Å². The van der Waals surface area contributed by atoms with Gasteiger partial charge in [0, 0.05) is 19.0 Å². The molecule has 1 amide bonds. The van der Waals surface area contributed by atoms with Gasteiger partial charge in [0.25, 0.3) is 5.91 Å². The molecule has 116 valence electrons. The molecule has 1 aliphatic rings. The first-order chi connectivity index (χ1) is 9.79. The van der Waals surface area contributed by atoms with E-state index in [0.29, 0.717) is 6.54 Å². The molecule has 1 fully saturated rings. The molecule has 21 heavy (non-hydrogen) atoms. The topological polar surface area (TPSA) is 29.5 Å². The molecule has 1 aliphatic heterocycles. The molecule has 1 saturated heterocycles. The maximum absolute atomic E-state index is 12.7. The predicted molar refractivity (Wildman–Crippen MR) is 88.6 cm³/mol. The summed E-state index contributed by atoms with van der Waals surface area (Å²) in [4.78, 5) is 14.7. The second kappa shape index (κ2) is 6.32. The zero-order chi connectivity index (χ0) is 15.6. The predicted octanol–water partition coefficient (Wildman–Crippen LogP) is 3.06. The van der Waals surface area contributed by atoms with Gasteiger partial charge in [-0.15, -0.1) is 0 Å². The van der Waals surface area contributed by atoms with E-state index >= 15 is 0 Å². The largest absolute Gasteiger partial charge is 0.408 e. The molecule has 4 heteroatoms. The van der Waals surface area contributed by atoms with Crippen LogP contribution in [0.4, 0.5) is 0 Å². The number of carbonyl (C=O) groups is 1. The molecule has 0 spiro atoms. The van der Waals surface area contributed by atoms with Crippen LogP contribution >= 0.6 is 0 Å². The lowest BCUT2D eigenvalue weighted by Crippen LogP contribution is -2.38. The Morgan fingerprint density at radius 2 is 1.86 bits per heavy atom. The molecule has 0 saturated carbocycles. The van der Waals surface area contributed by atoms with Gasteiger partial charge in [0.15, 0.2) is 9.04 Å². The van der Waals surface area contributed by atoms with Gasteiger partial charge < -0.3 is 9.33 Å². The molecule has 1 heterocycles. The molecule has 0 bridgehead atoms. The van der Waals surface area contributed by atoms with Crippen LogP contribution in [-0.4, -0.2) is 32.5 Å². The third-order valence-electron chi connectivity index (χ3n) is 4.09. The van der Waals surface area contributed by atoms with Crippen LogP contribution in [0, 0.1) is 11.3 Å². The number of nitrogens with zero attached hydrogens (tertiary/aromatic N) is 1. The highest BCUT2D eigenvalue weighted by Gasteiger charge is 2.46. The molecule has 1 aromatic rings. The fraction of sp³-hybridized carbons (Fsp3) is 0.588. The summed E-state index contributed by atoms with van der Waals surface area (Å²) in [5.41, 5.74) is 1.26.